The zero-order valence-corrected chi connectivity index (χ0v) is 14.0. The monoisotopic (exact) mass is 353 g/mol. The van der Waals surface area contributed by atoms with E-state index in [4.69, 9.17) is 32.5 Å². The highest BCUT2D eigenvalue weighted by Gasteiger charge is 2.40. The first-order valence-corrected chi connectivity index (χ1v) is 6.93. The van der Waals surface area contributed by atoms with Crippen molar-refractivity contribution >= 4 is 17.9 Å². The molecule has 0 aliphatic carbocycles. The van der Waals surface area contributed by atoms with Crippen LogP contribution >= 0.6 is 0 Å². The van der Waals surface area contributed by atoms with Crippen LogP contribution in [0.1, 0.15) is 24.9 Å². The Bertz CT molecular complexity index is 464. The Kier molecular flexibility index (Phi) is 8.40. The fraction of sp³-hybridized carbons (Fsp3) is 0.800. The van der Waals surface area contributed by atoms with Crippen LogP contribution in [0.15, 0.2) is 0 Å². The number of hydrogen-bond donors (Lipinski definition) is 0. The summed E-state index contributed by atoms with van der Waals surface area (Å²) < 4.78 is 52.3. The quantitative estimate of drug-likeness (QED) is 0.377. The molecular weight excluding hydrogens is 324 g/mol. The highest BCUT2D eigenvalue weighted by Crippen LogP contribution is 2.18. The molecule has 0 amide bonds. The molecule has 4 atom stereocenters. The smallest absolute Gasteiger partial charge is 0.303 e. The van der Waals surface area contributed by atoms with Gasteiger partial charge >= 0.3 is 17.9 Å². The third kappa shape index (κ3) is 8.23. The van der Waals surface area contributed by atoms with E-state index in [9.17, 15) is 14.4 Å². The second-order valence-electron chi connectivity index (χ2n) is 4.73. The van der Waals surface area contributed by atoms with Crippen LogP contribution in [0.25, 0.3) is 0 Å². The van der Waals surface area contributed by atoms with Gasteiger partial charge in [0.15, 0.2) is 12.2 Å². The molecule has 0 saturated carbocycles. The van der Waals surface area contributed by atoms with Crippen LogP contribution in [0.2, 0.25) is 0 Å². The summed E-state index contributed by atoms with van der Waals surface area (Å²) >= 11 is 0. The molecule has 0 radical (unpaired) electrons. The van der Waals surface area contributed by atoms with E-state index < -0.39 is 70.2 Å². The molecule has 0 saturated heterocycles. The predicted molar refractivity (Wildman–Crippen MR) is 81.2 cm³/mol. The van der Waals surface area contributed by atoms with Crippen LogP contribution in [0.3, 0.4) is 0 Å². The minimum Gasteiger partial charge on any atom is -0.462 e. The molecule has 24 heavy (non-hydrogen) atoms. The lowest BCUT2D eigenvalue weighted by molar-refractivity contribution is -0.195. The Labute approximate surface area is 145 Å². The average Bonchev–Trinajstić information content (AvgIpc) is 2.58. The van der Waals surface area contributed by atoms with Gasteiger partial charge in [0, 0.05) is 42.0 Å². The number of methoxy groups -OCH3 is 3. The third-order valence-corrected chi connectivity index (χ3v) is 2.82. The molecule has 0 fully saturated rings. The number of ether oxygens (including phenoxy) is 6. The number of hydrogen-bond acceptors (Lipinski definition) is 9. The summed E-state index contributed by atoms with van der Waals surface area (Å²) in [6.45, 7) is 2.77. The van der Waals surface area contributed by atoms with E-state index in [1.807, 2.05) is 0 Å². The van der Waals surface area contributed by atoms with Crippen LogP contribution in [0.4, 0.5) is 0 Å². The molecule has 140 valence electrons. The second-order valence-corrected chi connectivity index (χ2v) is 4.73. The van der Waals surface area contributed by atoms with Crippen molar-refractivity contribution in [3.63, 3.8) is 0 Å². The molecule has 0 N–H and O–H groups in total. The zero-order valence-electron chi connectivity index (χ0n) is 17.0. The van der Waals surface area contributed by atoms with Gasteiger partial charge in [-0.15, -0.1) is 0 Å². The van der Waals surface area contributed by atoms with E-state index in [2.05, 4.69) is 0 Å². The fourth-order valence-corrected chi connectivity index (χ4v) is 1.92. The van der Waals surface area contributed by atoms with Crippen molar-refractivity contribution in [2.75, 3.05) is 34.5 Å². The Balaban J connectivity index is 5.75. The topological polar surface area (TPSA) is 107 Å². The minimum atomic E-state index is -1.26. The van der Waals surface area contributed by atoms with Crippen molar-refractivity contribution in [3.8, 4) is 0 Å². The van der Waals surface area contributed by atoms with Gasteiger partial charge in [0.05, 0.1) is 10.7 Å². The summed E-state index contributed by atoms with van der Waals surface area (Å²) in [5.41, 5.74) is 0. The lowest BCUT2D eigenvalue weighted by Crippen LogP contribution is -2.52. The molecule has 9 nitrogen and oxygen atoms in total. The van der Waals surface area contributed by atoms with Crippen molar-refractivity contribution < 1.29 is 46.9 Å². The lowest BCUT2D eigenvalue weighted by Gasteiger charge is -2.34. The van der Waals surface area contributed by atoms with Crippen LogP contribution in [0.5, 0.6) is 0 Å². The van der Waals surface area contributed by atoms with Crippen molar-refractivity contribution in [2.45, 2.75) is 45.2 Å². The molecule has 0 aromatic carbocycles. The first kappa shape index (κ1) is 17.1. The lowest BCUT2D eigenvalue weighted by atomic mass is 10.0. The van der Waals surface area contributed by atoms with E-state index in [1.165, 1.54) is 0 Å². The molecule has 0 unspecified atom stereocenters. The molecule has 0 spiro atoms. The molecule has 0 aliphatic heterocycles. The number of rotatable bonds is 11. The molecule has 0 heterocycles. The van der Waals surface area contributed by atoms with Gasteiger partial charge in [0.2, 0.25) is 0 Å². The second kappa shape index (κ2) is 11.8. The molecule has 0 aromatic rings. The summed E-state index contributed by atoms with van der Waals surface area (Å²) in [5, 5.41) is 0. The molecule has 0 bridgehead atoms. The van der Waals surface area contributed by atoms with Crippen molar-refractivity contribution in [1.82, 2.24) is 0 Å². The number of carbonyl (C=O) groups excluding carboxylic acids is 3. The fourth-order valence-electron chi connectivity index (χ4n) is 1.92. The van der Waals surface area contributed by atoms with Crippen LogP contribution in [0, 0.1) is 0 Å². The zero-order chi connectivity index (χ0) is 20.8. The first-order valence-electron chi connectivity index (χ1n) is 9.05. The number of esters is 3. The summed E-state index contributed by atoms with van der Waals surface area (Å²) in [6.07, 6.45) is -4.78. The Morgan fingerprint density at radius 2 is 1.46 bits per heavy atom. The summed E-state index contributed by atoms with van der Waals surface area (Å²) in [4.78, 5) is 34.1. The van der Waals surface area contributed by atoms with Gasteiger partial charge in [-0.1, -0.05) is 0 Å². The van der Waals surface area contributed by atoms with Crippen LogP contribution in [-0.2, 0) is 42.8 Å². The minimum absolute atomic E-state index is 0.224. The Hall–Kier alpha value is -1.71. The average molecular weight is 353 g/mol. The Morgan fingerprint density at radius 1 is 0.792 bits per heavy atom. The van der Waals surface area contributed by atoms with E-state index in [-0.39, 0.29) is 6.61 Å². The summed E-state index contributed by atoms with van der Waals surface area (Å²) in [6, 6.07) is 0. The molecule has 0 aliphatic rings. The molecular formula is C15H26O9. The molecule has 0 aromatic heterocycles. The van der Waals surface area contributed by atoms with Gasteiger partial charge < -0.3 is 28.4 Å². The van der Waals surface area contributed by atoms with E-state index in [0.717, 1.165) is 20.8 Å². The van der Waals surface area contributed by atoms with E-state index in [0.29, 0.717) is 0 Å². The van der Waals surface area contributed by atoms with Crippen molar-refractivity contribution in [1.29, 1.82) is 0 Å². The largest absolute Gasteiger partial charge is 0.462 e. The SMILES string of the molecule is [2H]COC[C@@H](OC[2H])[C@H](OC(C)=O)[C@H](OC[2H])[C@H](COC(C)=O)OC(C)=O. The van der Waals surface area contributed by atoms with Crippen LogP contribution < -0.4 is 0 Å². The Morgan fingerprint density at radius 3 is 1.96 bits per heavy atom. The van der Waals surface area contributed by atoms with Crippen molar-refractivity contribution in [3.05, 3.63) is 0 Å². The van der Waals surface area contributed by atoms with Gasteiger partial charge in [0.1, 0.15) is 18.8 Å². The van der Waals surface area contributed by atoms with Gasteiger partial charge in [-0.2, -0.15) is 0 Å². The van der Waals surface area contributed by atoms with Crippen LogP contribution in [-0.4, -0.2) is 76.8 Å². The summed E-state index contributed by atoms with van der Waals surface area (Å²) in [7, 11) is -1.51. The summed E-state index contributed by atoms with van der Waals surface area (Å²) in [5.74, 6) is -2.08. The third-order valence-electron chi connectivity index (χ3n) is 2.82. The van der Waals surface area contributed by atoms with Gasteiger partial charge in [-0.25, -0.2) is 0 Å². The maximum atomic E-state index is 11.6. The maximum Gasteiger partial charge on any atom is 0.303 e. The molecule has 0 rings (SSSR count). The standard InChI is InChI=1S/C15H26O9/c1-9(16)22-8-13(23-10(2)17)14(21-6)15(24-11(3)18)12(20-5)7-19-4/h12-15H,7-8H2,1-6H3/t12-,13+,14-,15+/m1/s1/i4D,5D,6D. The van der Waals surface area contributed by atoms with E-state index in [1.54, 1.807) is 0 Å². The highest BCUT2D eigenvalue weighted by molar-refractivity contribution is 5.67. The normalized spacial score (nSPS) is 17.4. The highest BCUT2D eigenvalue weighted by atomic mass is 16.6. The van der Waals surface area contributed by atoms with Gasteiger partial charge in [0.25, 0.3) is 0 Å². The number of carbonyl (C=O) groups is 3. The first-order chi connectivity index (χ1) is 12.8. The van der Waals surface area contributed by atoms with Gasteiger partial charge in [-0.05, 0) is 0 Å². The van der Waals surface area contributed by atoms with E-state index >= 15 is 0 Å². The van der Waals surface area contributed by atoms with Gasteiger partial charge in [-0.3, -0.25) is 14.4 Å². The molecule has 9 heteroatoms. The van der Waals surface area contributed by atoms with Crippen molar-refractivity contribution in [2.24, 2.45) is 0 Å². The maximum absolute atomic E-state index is 11.6. The predicted octanol–water partition coefficient (Wildman–Crippen LogP) is 0.0893.